The highest BCUT2D eigenvalue weighted by molar-refractivity contribution is 5.97. The SMILES string of the molecule is Cc1ccc(CNCc2ccc(C#Cc3ccc(C(=O)N[C@H](C(=O)NO)[C@@H](C)O)cc3)cc2)cc1. The summed E-state index contributed by atoms with van der Waals surface area (Å²) in [5, 5.41) is 24.2. The van der Waals surface area contributed by atoms with Crippen molar-refractivity contribution in [2.24, 2.45) is 0 Å². The maximum atomic E-state index is 12.3. The minimum absolute atomic E-state index is 0.300. The molecule has 0 saturated heterocycles. The van der Waals surface area contributed by atoms with Crippen molar-refractivity contribution >= 4 is 11.8 Å². The van der Waals surface area contributed by atoms with Crippen LogP contribution >= 0.6 is 0 Å². The molecule has 7 heteroatoms. The first-order valence-electron chi connectivity index (χ1n) is 11.3. The summed E-state index contributed by atoms with van der Waals surface area (Å²) in [5.74, 6) is 4.73. The third-order valence-electron chi connectivity index (χ3n) is 5.39. The Balaban J connectivity index is 1.53. The van der Waals surface area contributed by atoms with Gasteiger partial charge in [-0.2, -0.15) is 0 Å². The highest BCUT2D eigenvalue weighted by atomic mass is 16.5. The monoisotopic (exact) mass is 471 g/mol. The molecule has 0 unspecified atom stereocenters. The quantitative estimate of drug-likeness (QED) is 0.197. The van der Waals surface area contributed by atoms with Gasteiger partial charge in [0.05, 0.1) is 6.10 Å². The predicted molar refractivity (Wildman–Crippen MR) is 133 cm³/mol. The van der Waals surface area contributed by atoms with E-state index in [2.05, 4.69) is 53.7 Å². The number of carbonyl (C=O) groups is 2. The van der Waals surface area contributed by atoms with Crippen molar-refractivity contribution in [2.45, 2.75) is 39.1 Å². The highest BCUT2D eigenvalue weighted by Crippen LogP contribution is 2.08. The number of aliphatic hydroxyl groups is 1. The van der Waals surface area contributed by atoms with Gasteiger partial charge in [0.1, 0.15) is 6.04 Å². The van der Waals surface area contributed by atoms with Gasteiger partial charge in [-0.1, -0.05) is 53.8 Å². The molecule has 0 aliphatic carbocycles. The van der Waals surface area contributed by atoms with Crippen LogP contribution in [0.4, 0.5) is 0 Å². The van der Waals surface area contributed by atoms with E-state index in [9.17, 15) is 14.7 Å². The zero-order valence-corrected chi connectivity index (χ0v) is 19.7. The molecule has 0 saturated carbocycles. The van der Waals surface area contributed by atoms with Gasteiger partial charge in [-0.3, -0.25) is 14.8 Å². The van der Waals surface area contributed by atoms with Gasteiger partial charge in [-0.15, -0.1) is 0 Å². The number of hydrogen-bond acceptors (Lipinski definition) is 5. The van der Waals surface area contributed by atoms with Gasteiger partial charge in [0.2, 0.25) is 0 Å². The molecule has 2 amide bonds. The van der Waals surface area contributed by atoms with E-state index in [4.69, 9.17) is 5.21 Å². The smallest absolute Gasteiger partial charge is 0.268 e. The largest absolute Gasteiger partial charge is 0.391 e. The van der Waals surface area contributed by atoms with E-state index in [1.54, 1.807) is 24.3 Å². The Morgan fingerprint density at radius 1 is 0.829 bits per heavy atom. The molecule has 0 heterocycles. The summed E-state index contributed by atoms with van der Waals surface area (Å²) >= 11 is 0. The summed E-state index contributed by atoms with van der Waals surface area (Å²) in [6, 6.07) is 21.8. The normalized spacial score (nSPS) is 12.1. The molecule has 0 bridgehead atoms. The Labute approximate surface area is 205 Å². The minimum atomic E-state index is -1.27. The number of benzene rings is 3. The van der Waals surface area contributed by atoms with E-state index in [1.165, 1.54) is 29.1 Å². The number of hydrogen-bond donors (Lipinski definition) is 5. The van der Waals surface area contributed by atoms with Crippen molar-refractivity contribution in [1.29, 1.82) is 0 Å². The van der Waals surface area contributed by atoms with Gasteiger partial charge >= 0.3 is 0 Å². The summed E-state index contributed by atoms with van der Waals surface area (Å²) in [7, 11) is 0. The fourth-order valence-corrected chi connectivity index (χ4v) is 3.31. The van der Waals surface area contributed by atoms with Crippen molar-refractivity contribution in [1.82, 2.24) is 16.1 Å². The second-order valence-electron chi connectivity index (χ2n) is 8.28. The van der Waals surface area contributed by atoms with Gasteiger partial charge in [-0.25, -0.2) is 5.48 Å². The van der Waals surface area contributed by atoms with Crippen LogP contribution in [-0.4, -0.2) is 34.3 Å². The lowest BCUT2D eigenvalue weighted by molar-refractivity contribution is -0.133. The van der Waals surface area contributed by atoms with Gasteiger partial charge < -0.3 is 15.7 Å². The van der Waals surface area contributed by atoms with Crippen molar-refractivity contribution in [3.05, 3.63) is 106 Å². The van der Waals surface area contributed by atoms with Crippen LogP contribution in [0.15, 0.2) is 72.8 Å². The number of aliphatic hydroxyl groups excluding tert-OH is 1. The maximum absolute atomic E-state index is 12.3. The van der Waals surface area contributed by atoms with Gasteiger partial charge in [0, 0.05) is 29.8 Å². The van der Waals surface area contributed by atoms with Crippen molar-refractivity contribution in [2.75, 3.05) is 0 Å². The second kappa shape index (κ2) is 12.5. The lowest BCUT2D eigenvalue weighted by Crippen LogP contribution is -2.51. The summed E-state index contributed by atoms with van der Waals surface area (Å²) < 4.78 is 0. The molecule has 0 fully saturated rings. The first-order chi connectivity index (χ1) is 16.9. The average molecular weight is 472 g/mol. The van der Waals surface area contributed by atoms with Crippen molar-refractivity contribution in [3.8, 4) is 11.8 Å². The number of nitrogens with one attached hydrogen (secondary N) is 3. The van der Waals surface area contributed by atoms with Crippen LogP contribution in [0.5, 0.6) is 0 Å². The highest BCUT2D eigenvalue weighted by Gasteiger charge is 2.25. The van der Waals surface area contributed by atoms with Gasteiger partial charge in [0.25, 0.3) is 11.8 Å². The molecule has 0 aliphatic heterocycles. The standard InChI is InChI=1S/C28H29N3O4/c1-19-3-5-23(6-4-19)17-29-18-24-11-9-21(10-12-24)7-8-22-13-15-25(16-14-22)27(33)30-26(20(2)32)28(34)31-35/h3-6,9-16,20,26,29,32,35H,17-18H2,1-2H3,(H,30,33)(H,31,34)/t20-,26+/m1/s1. The van der Waals surface area contributed by atoms with Crippen LogP contribution in [0.25, 0.3) is 0 Å². The number of rotatable bonds is 8. The number of amides is 2. The van der Waals surface area contributed by atoms with Crippen molar-refractivity contribution in [3.63, 3.8) is 0 Å². The van der Waals surface area contributed by atoms with Crippen LogP contribution in [0.1, 0.15) is 45.1 Å². The average Bonchev–Trinajstić information content (AvgIpc) is 2.87. The molecule has 2 atom stereocenters. The molecule has 0 spiro atoms. The number of carbonyl (C=O) groups excluding carboxylic acids is 2. The van der Waals surface area contributed by atoms with Crippen LogP contribution < -0.4 is 16.1 Å². The van der Waals surface area contributed by atoms with Crippen LogP contribution in [0, 0.1) is 18.8 Å². The summed E-state index contributed by atoms with van der Waals surface area (Å²) in [6.45, 7) is 4.99. The van der Waals surface area contributed by atoms with E-state index in [1.807, 2.05) is 24.3 Å². The van der Waals surface area contributed by atoms with E-state index < -0.39 is 24.0 Å². The third-order valence-corrected chi connectivity index (χ3v) is 5.39. The number of hydroxylamine groups is 1. The van der Waals surface area contributed by atoms with Gasteiger partial charge in [-0.05, 0) is 61.4 Å². The van der Waals surface area contributed by atoms with Gasteiger partial charge in [0.15, 0.2) is 0 Å². The molecule has 0 aromatic heterocycles. The van der Waals surface area contributed by atoms with E-state index in [-0.39, 0.29) is 0 Å². The molecular formula is C28H29N3O4. The Hall–Kier alpha value is -3.96. The lowest BCUT2D eigenvalue weighted by Gasteiger charge is -2.19. The molecule has 7 nitrogen and oxygen atoms in total. The second-order valence-corrected chi connectivity index (χ2v) is 8.28. The summed E-state index contributed by atoms with van der Waals surface area (Å²) in [6.07, 6.45) is -1.17. The van der Waals surface area contributed by atoms with E-state index >= 15 is 0 Å². The summed E-state index contributed by atoms with van der Waals surface area (Å²) in [5.41, 5.74) is 7.01. The molecule has 5 N–H and O–H groups in total. The fraction of sp³-hybridized carbons (Fsp3) is 0.214. The molecular weight excluding hydrogens is 442 g/mol. The third kappa shape index (κ3) is 7.80. The maximum Gasteiger partial charge on any atom is 0.268 e. The molecule has 0 aliphatic rings. The van der Waals surface area contributed by atoms with Crippen molar-refractivity contribution < 1.29 is 19.9 Å². The van der Waals surface area contributed by atoms with E-state index in [0.717, 1.165) is 24.2 Å². The lowest BCUT2D eigenvalue weighted by atomic mass is 10.1. The predicted octanol–water partition coefficient (Wildman–Crippen LogP) is 2.67. The molecule has 0 radical (unpaired) electrons. The first kappa shape index (κ1) is 25.7. The molecule has 180 valence electrons. The van der Waals surface area contributed by atoms with Crippen LogP contribution in [0.2, 0.25) is 0 Å². The minimum Gasteiger partial charge on any atom is -0.391 e. The Morgan fingerprint density at radius 3 is 1.80 bits per heavy atom. The Morgan fingerprint density at radius 2 is 1.31 bits per heavy atom. The molecule has 35 heavy (non-hydrogen) atoms. The van der Waals surface area contributed by atoms with Crippen LogP contribution in [-0.2, 0) is 17.9 Å². The zero-order chi connectivity index (χ0) is 25.2. The first-order valence-corrected chi connectivity index (χ1v) is 11.3. The Bertz CT molecular complexity index is 1190. The zero-order valence-electron chi connectivity index (χ0n) is 19.7. The number of aryl methyl sites for hydroxylation is 1. The Kier molecular flexibility index (Phi) is 9.16. The molecule has 3 aromatic rings. The molecule has 3 rings (SSSR count). The molecule has 3 aromatic carbocycles. The summed E-state index contributed by atoms with van der Waals surface area (Å²) in [4.78, 5) is 23.9. The van der Waals surface area contributed by atoms with E-state index in [0.29, 0.717) is 5.56 Å². The van der Waals surface area contributed by atoms with Crippen LogP contribution in [0.3, 0.4) is 0 Å². The fourth-order valence-electron chi connectivity index (χ4n) is 3.31. The topological polar surface area (TPSA) is 111 Å².